The smallest absolute Gasteiger partial charge is 0.174 e. The van der Waals surface area contributed by atoms with E-state index < -0.39 is 0 Å². The molecule has 0 saturated heterocycles. The molecule has 0 aliphatic carbocycles. The first-order valence-corrected chi connectivity index (χ1v) is 5.01. The summed E-state index contributed by atoms with van der Waals surface area (Å²) in [7, 11) is 0. The zero-order chi connectivity index (χ0) is 9.80. The first-order valence-electron chi connectivity index (χ1n) is 4.22. The van der Waals surface area contributed by atoms with Gasteiger partial charge in [-0.05, 0) is 28.1 Å². The average Bonchev–Trinajstić information content (AvgIpc) is 2.63. The zero-order valence-electron chi connectivity index (χ0n) is 7.40. The van der Waals surface area contributed by atoms with Gasteiger partial charge in [0.25, 0.3) is 0 Å². The number of ether oxygens (including phenoxy) is 1. The van der Waals surface area contributed by atoms with Crippen molar-refractivity contribution < 1.29 is 4.74 Å². The molecule has 0 aliphatic rings. The van der Waals surface area contributed by atoms with Crippen LogP contribution < -0.4 is 4.74 Å². The van der Waals surface area contributed by atoms with Gasteiger partial charge >= 0.3 is 0 Å². The van der Waals surface area contributed by atoms with Crippen molar-refractivity contribution in [2.24, 2.45) is 0 Å². The van der Waals surface area contributed by atoms with Crippen molar-refractivity contribution in [3.63, 3.8) is 0 Å². The normalized spacial score (nSPS) is 10.1. The number of nitrogens with one attached hydrogen (secondary N) is 1. The Labute approximate surface area is 90.3 Å². The Morgan fingerprint density at radius 2 is 2.07 bits per heavy atom. The molecule has 0 unspecified atom stereocenters. The van der Waals surface area contributed by atoms with Gasteiger partial charge < -0.3 is 9.72 Å². The number of imidazole rings is 1. The van der Waals surface area contributed by atoms with E-state index in [0.717, 1.165) is 16.2 Å². The van der Waals surface area contributed by atoms with Gasteiger partial charge in [-0.15, -0.1) is 0 Å². The number of halogens is 1. The highest BCUT2D eigenvalue weighted by Gasteiger charge is 1.98. The van der Waals surface area contributed by atoms with Crippen LogP contribution in [0.1, 0.15) is 5.69 Å². The van der Waals surface area contributed by atoms with Crippen LogP contribution in [0.2, 0.25) is 0 Å². The molecule has 4 heteroatoms. The van der Waals surface area contributed by atoms with Crippen LogP contribution >= 0.6 is 15.9 Å². The molecule has 0 saturated carbocycles. The molecule has 3 nitrogen and oxygen atoms in total. The van der Waals surface area contributed by atoms with Crippen molar-refractivity contribution in [1.29, 1.82) is 0 Å². The summed E-state index contributed by atoms with van der Waals surface area (Å²) in [5, 5.41) is 0. The minimum absolute atomic E-state index is 0.503. The molecule has 0 amide bonds. The molecule has 1 N–H and O–H groups in total. The van der Waals surface area contributed by atoms with Gasteiger partial charge in [0.15, 0.2) is 4.73 Å². The average molecular weight is 253 g/mol. The summed E-state index contributed by atoms with van der Waals surface area (Å²) < 4.78 is 6.24. The lowest BCUT2D eigenvalue weighted by atomic mass is 10.3. The van der Waals surface area contributed by atoms with E-state index in [2.05, 4.69) is 25.9 Å². The van der Waals surface area contributed by atoms with Crippen LogP contribution in [0, 0.1) is 0 Å². The zero-order valence-corrected chi connectivity index (χ0v) is 8.99. The number of hydrogen-bond acceptors (Lipinski definition) is 2. The minimum Gasteiger partial charge on any atom is -0.487 e. The third-order valence-electron chi connectivity index (χ3n) is 1.73. The molecule has 0 spiro atoms. The molecule has 0 bridgehead atoms. The van der Waals surface area contributed by atoms with E-state index in [9.17, 15) is 0 Å². The Morgan fingerprint density at radius 3 is 2.71 bits per heavy atom. The van der Waals surface area contributed by atoms with Crippen LogP contribution in [0.4, 0.5) is 0 Å². The summed E-state index contributed by atoms with van der Waals surface area (Å²) in [6.45, 7) is 0.503. The third-order valence-corrected chi connectivity index (χ3v) is 2.14. The highest BCUT2D eigenvalue weighted by atomic mass is 79.9. The maximum Gasteiger partial charge on any atom is 0.174 e. The summed E-state index contributed by atoms with van der Waals surface area (Å²) in [5.41, 5.74) is 0.945. The van der Waals surface area contributed by atoms with Gasteiger partial charge in [0, 0.05) is 0 Å². The fourth-order valence-corrected chi connectivity index (χ4v) is 1.44. The fourth-order valence-electron chi connectivity index (χ4n) is 1.08. The predicted molar refractivity (Wildman–Crippen MR) is 57.1 cm³/mol. The van der Waals surface area contributed by atoms with E-state index in [0.29, 0.717) is 6.61 Å². The van der Waals surface area contributed by atoms with E-state index in [4.69, 9.17) is 4.74 Å². The summed E-state index contributed by atoms with van der Waals surface area (Å²) in [6, 6.07) is 9.69. The number of rotatable bonds is 3. The molecular formula is C10H9BrN2O. The van der Waals surface area contributed by atoms with Crippen LogP contribution in [0.3, 0.4) is 0 Å². The Bertz CT molecular complexity index is 400. The van der Waals surface area contributed by atoms with Crippen molar-refractivity contribution in [3.8, 4) is 5.75 Å². The molecule has 2 rings (SSSR count). The van der Waals surface area contributed by atoms with E-state index >= 15 is 0 Å². The first-order chi connectivity index (χ1) is 6.84. The quantitative estimate of drug-likeness (QED) is 0.913. The lowest BCUT2D eigenvalue weighted by molar-refractivity contribution is 0.302. The second-order valence-corrected chi connectivity index (χ2v) is 3.55. The molecule has 0 radical (unpaired) electrons. The molecular weight excluding hydrogens is 244 g/mol. The minimum atomic E-state index is 0.503. The van der Waals surface area contributed by atoms with Crippen molar-refractivity contribution in [2.45, 2.75) is 6.61 Å². The Balaban J connectivity index is 1.95. The van der Waals surface area contributed by atoms with E-state index in [1.807, 2.05) is 30.3 Å². The monoisotopic (exact) mass is 252 g/mol. The molecule has 0 atom stereocenters. The lowest BCUT2D eigenvalue weighted by Gasteiger charge is -2.02. The van der Waals surface area contributed by atoms with Crippen molar-refractivity contribution in [3.05, 3.63) is 47.0 Å². The number of nitrogens with zero attached hydrogens (tertiary/aromatic N) is 1. The van der Waals surface area contributed by atoms with Gasteiger partial charge in [0.05, 0.1) is 11.9 Å². The number of aromatic amines is 1. The second kappa shape index (κ2) is 4.28. The maximum absolute atomic E-state index is 5.51. The van der Waals surface area contributed by atoms with Crippen molar-refractivity contribution in [2.75, 3.05) is 0 Å². The SMILES string of the molecule is Brc1ncc(COc2ccccc2)[nH]1. The molecule has 0 fully saturated rings. The van der Waals surface area contributed by atoms with Gasteiger partial charge in [-0.2, -0.15) is 0 Å². The number of para-hydroxylation sites is 1. The van der Waals surface area contributed by atoms with Crippen LogP contribution in [0.15, 0.2) is 41.3 Å². The van der Waals surface area contributed by atoms with Gasteiger partial charge in [0.1, 0.15) is 12.4 Å². The van der Waals surface area contributed by atoms with E-state index in [1.54, 1.807) is 6.20 Å². The largest absolute Gasteiger partial charge is 0.487 e. The molecule has 1 aromatic heterocycles. The Morgan fingerprint density at radius 1 is 1.29 bits per heavy atom. The molecule has 1 heterocycles. The third kappa shape index (κ3) is 2.35. The second-order valence-electron chi connectivity index (χ2n) is 2.80. The van der Waals surface area contributed by atoms with Crippen molar-refractivity contribution >= 4 is 15.9 Å². The van der Waals surface area contributed by atoms with Crippen LogP contribution in [0.25, 0.3) is 0 Å². The van der Waals surface area contributed by atoms with Gasteiger partial charge in [-0.3, -0.25) is 0 Å². The number of aromatic nitrogens is 2. The van der Waals surface area contributed by atoms with Crippen LogP contribution in [-0.4, -0.2) is 9.97 Å². The standard InChI is InChI=1S/C10H9BrN2O/c11-10-12-6-8(13-10)7-14-9-4-2-1-3-5-9/h1-6H,7H2,(H,12,13). The highest BCUT2D eigenvalue weighted by molar-refractivity contribution is 9.10. The maximum atomic E-state index is 5.51. The van der Waals surface area contributed by atoms with Gasteiger partial charge in [-0.25, -0.2) is 4.98 Å². The predicted octanol–water partition coefficient (Wildman–Crippen LogP) is 2.75. The Kier molecular flexibility index (Phi) is 2.84. The number of hydrogen-bond donors (Lipinski definition) is 1. The first kappa shape index (κ1) is 9.27. The molecule has 14 heavy (non-hydrogen) atoms. The van der Waals surface area contributed by atoms with Gasteiger partial charge in [0.2, 0.25) is 0 Å². The summed E-state index contributed by atoms with van der Waals surface area (Å²) in [6.07, 6.45) is 1.74. The topological polar surface area (TPSA) is 37.9 Å². The number of benzene rings is 1. The molecule has 0 aliphatic heterocycles. The molecule has 72 valence electrons. The Hall–Kier alpha value is -1.29. The highest BCUT2D eigenvalue weighted by Crippen LogP contribution is 2.11. The van der Waals surface area contributed by atoms with E-state index in [-0.39, 0.29) is 0 Å². The van der Waals surface area contributed by atoms with Crippen LogP contribution in [0.5, 0.6) is 5.75 Å². The fraction of sp³-hybridized carbons (Fsp3) is 0.100. The summed E-state index contributed by atoms with van der Waals surface area (Å²) in [5.74, 6) is 0.859. The van der Waals surface area contributed by atoms with Gasteiger partial charge in [-0.1, -0.05) is 18.2 Å². The van der Waals surface area contributed by atoms with Crippen molar-refractivity contribution in [1.82, 2.24) is 9.97 Å². The lowest BCUT2D eigenvalue weighted by Crippen LogP contribution is -1.94. The van der Waals surface area contributed by atoms with Crippen LogP contribution in [-0.2, 0) is 6.61 Å². The molecule has 2 aromatic rings. The molecule has 1 aromatic carbocycles. The number of H-pyrrole nitrogens is 1. The summed E-state index contributed by atoms with van der Waals surface area (Å²) >= 11 is 3.24. The van der Waals surface area contributed by atoms with E-state index in [1.165, 1.54) is 0 Å². The summed E-state index contributed by atoms with van der Waals surface area (Å²) in [4.78, 5) is 7.04.